The first-order valence-electron chi connectivity index (χ1n) is 12.6. The molecule has 186 valence electrons. The number of benzene rings is 3. The van der Waals surface area contributed by atoms with E-state index < -0.39 is 0 Å². The highest BCUT2D eigenvalue weighted by molar-refractivity contribution is 5.54. The van der Waals surface area contributed by atoms with Gasteiger partial charge in [-0.1, -0.05) is 36.4 Å². The van der Waals surface area contributed by atoms with Crippen LogP contribution in [0.2, 0.25) is 0 Å². The van der Waals surface area contributed by atoms with Crippen molar-refractivity contribution >= 4 is 5.69 Å². The van der Waals surface area contributed by atoms with Crippen LogP contribution in [0, 0.1) is 5.82 Å². The van der Waals surface area contributed by atoms with Gasteiger partial charge in [0.25, 0.3) is 0 Å². The number of phenolic OH excluding ortho intramolecular Hbond substituents is 1. The van der Waals surface area contributed by atoms with Crippen LogP contribution in [0.15, 0.2) is 72.8 Å². The zero-order valence-corrected chi connectivity index (χ0v) is 21.2. The Hall–Kier alpha value is -2.89. The van der Waals surface area contributed by atoms with Crippen molar-refractivity contribution < 1.29 is 14.2 Å². The highest BCUT2D eigenvalue weighted by atomic mass is 19.1. The summed E-state index contributed by atoms with van der Waals surface area (Å²) < 4.78 is 20.5. The van der Waals surface area contributed by atoms with E-state index >= 15 is 0 Å². The molecule has 0 aliphatic carbocycles. The Kier molecular flexibility index (Phi) is 8.09. The Morgan fingerprint density at radius 3 is 2.31 bits per heavy atom. The molecule has 2 unspecified atom stereocenters. The maximum atomic E-state index is 13.8. The van der Waals surface area contributed by atoms with Gasteiger partial charge in [-0.2, -0.15) is 0 Å². The number of halogens is 1. The first-order chi connectivity index (χ1) is 16.8. The molecule has 3 aromatic rings. The quantitative estimate of drug-likeness (QED) is 0.382. The van der Waals surface area contributed by atoms with Crippen molar-refractivity contribution in [3.8, 4) is 5.75 Å². The second-order valence-corrected chi connectivity index (χ2v) is 9.88. The molecule has 0 saturated carbocycles. The van der Waals surface area contributed by atoms with Crippen LogP contribution >= 0.6 is 0 Å². The van der Waals surface area contributed by atoms with Crippen molar-refractivity contribution in [1.29, 1.82) is 0 Å². The van der Waals surface area contributed by atoms with E-state index in [4.69, 9.17) is 4.74 Å². The van der Waals surface area contributed by atoms with Gasteiger partial charge >= 0.3 is 0 Å². The van der Waals surface area contributed by atoms with Crippen molar-refractivity contribution in [1.82, 2.24) is 4.90 Å². The molecule has 0 saturated heterocycles. The van der Waals surface area contributed by atoms with Crippen molar-refractivity contribution in [2.75, 3.05) is 24.6 Å². The smallest absolute Gasteiger partial charge is 0.123 e. The molecular weight excluding hydrogens is 439 g/mol. The lowest BCUT2D eigenvalue weighted by molar-refractivity contribution is 0.00792. The number of rotatable bonds is 9. The fourth-order valence-electron chi connectivity index (χ4n) is 5.30. The van der Waals surface area contributed by atoms with E-state index in [-0.39, 0.29) is 23.7 Å². The third kappa shape index (κ3) is 5.85. The van der Waals surface area contributed by atoms with Crippen LogP contribution in [-0.4, -0.2) is 41.8 Å². The molecule has 1 aliphatic heterocycles. The van der Waals surface area contributed by atoms with E-state index in [1.165, 1.54) is 12.1 Å². The molecule has 4 rings (SSSR count). The number of ether oxygens (including phenoxy) is 1. The molecule has 35 heavy (non-hydrogen) atoms. The third-order valence-corrected chi connectivity index (χ3v) is 6.95. The Morgan fingerprint density at radius 1 is 0.971 bits per heavy atom. The molecule has 0 bridgehead atoms. The van der Waals surface area contributed by atoms with Gasteiger partial charge in [-0.15, -0.1) is 0 Å². The molecule has 2 atom stereocenters. The van der Waals surface area contributed by atoms with E-state index in [1.807, 2.05) is 42.5 Å². The minimum absolute atomic E-state index is 0.112. The molecule has 1 aliphatic rings. The van der Waals surface area contributed by atoms with Gasteiger partial charge in [0, 0.05) is 30.9 Å². The number of hydrogen-bond donors (Lipinski definition) is 1. The molecule has 1 N–H and O–H groups in total. The van der Waals surface area contributed by atoms with Gasteiger partial charge in [0.05, 0.1) is 12.6 Å². The monoisotopic (exact) mass is 476 g/mol. The fourth-order valence-corrected chi connectivity index (χ4v) is 5.30. The number of phenols is 1. The van der Waals surface area contributed by atoms with Gasteiger partial charge in [0.2, 0.25) is 0 Å². The fraction of sp³-hybridized carbons (Fsp3) is 0.400. The van der Waals surface area contributed by atoms with Crippen LogP contribution in [0.25, 0.3) is 0 Å². The predicted octanol–water partition coefficient (Wildman–Crippen LogP) is 6.51. The summed E-state index contributed by atoms with van der Waals surface area (Å²) in [5.41, 5.74) is 4.33. The number of fused-ring (bicyclic) bond motifs is 1. The first-order valence-corrected chi connectivity index (χ1v) is 12.6. The van der Waals surface area contributed by atoms with Crippen LogP contribution in [0.4, 0.5) is 10.1 Å². The number of hydrogen-bond acceptors (Lipinski definition) is 4. The summed E-state index contributed by atoms with van der Waals surface area (Å²) >= 11 is 0. The van der Waals surface area contributed by atoms with Crippen molar-refractivity contribution in [2.24, 2.45) is 0 Å². The van der Waals surface area contributed by atoms with Crippen LogP contribution in [0.3, 0.4) is 0 Å². The summed E-state index contributed by atoms with van der Waals surface area (Å²) in [4.78, 5) is 4.76. The van der Waals surface area contributed by atoms with E-state index in [1.54, 1.807) is 6.07 Å². The molecule has 3 aromatic carbocycles. The van der Waals surface area contributed by atoms with Crippen LogP contribution in [0.5, 0.6) is 5.75 Å². The lowest BCUT2D eigenvalue weighted by Crippen LogP contribution is -2.42. The standard InChI is InChI=1S/C30H37FN2O2/c1-21(2)32(22(3)4)18-19-35-30(23-8-6-5-7-9-23)29-28-15-14-27(34)20-24(28)16-17-33(29)26-12-10-25(31)11-13-26/h5-15,20-22,29-30,34H,16-19H2,1-4H3. The summed E-state index contributed by atoms with van der Waals surface area (Å²) in [6.07, 6.45) is 0.569. The Morgan fingerprint density at radius 2 is 1.66 bits per heavy atom. The van der Waals surface area contributed by atoms with Crippen LogP contribution in [-0.2, 0) is 11.2 Å². The first kappa shape index (κ1) is 25.2. The molecule has 0 spiro atoms. The Labute approximate surface area is 209 Å². The molecule has 0 fully saturated rings. The molecule has 0 aromatic heterocycles. The molecule has 0 radical (unpaired) electrons. The minimum Gasteiger partial charge on any atom is -0.508 e. The molecule has 4 nitrogen and oxygen atoms in total. The van der Waals surface area contributed by atoms with Crippen molar-refractivity contribution in [2.45, 2.75) is 58.3 Å². The second-order valence-electron chi connectivity index (χ2n) is 9.88. The van der Waals surface area contributed by atoms with Gasteiger partial charge in [-0.25, -0.2) is 4.39 Å². The van der Waals surface area contributed by atoms with Crippen molar-refractivity contribution in [3.63, 3.8) is 0 Å². The minimum atomic E-state index is -0.244. The van der Waals surface area contributed by atoms with E-state index in [0.29, 0.717) is 18.7 Å². The van der Waals surface area contributed by atoms with Gasteiger partial charge in [-0.3, -0.25) is 4.90 Å². The van der Waals surface area contributed by atoms with Gasteiger partial charge in [0.1, 0.15) is 17.7 Å². The van der Waals surface area contributed by atoms with E-state index in [9.17, 15) is 9.50 Å². The summed E-state index contributed by atoms with van der Waals surface area (Å²) in [5, 5.41) is 10.2. The van der Waals surface area contributed by atoms with Gasteiger partial charge in [0.15, 0.2) is 0 Å². The highest BCUT2D eigenvalue weighted by Gasteiger charge is 2.36. The zero-order valence-electron chi connectivity index (χ0n) is 21.2. The van der Waals surface area contributed by atoms with Gasteiger partial charge < -0.3 is 14.7 Å². The predicted molar refractivity (Wildman–Crippen MR) is 140 cm³/mol. The normalized spacial score (nSPS) is 16.7. The summed E-state index contributed by atoms with van der Waals surface area (Å²) in [6.45, 7) is 11.1. The molecule has 1 heterocycles. The highest BCUT2D eigenvalue weighted by Crippen LogP contribution is 2.44. The summed E-state index contributed by atoms with van der Waals surface area (Å²) in [5.74, 6) is 0.0328. The molecule has 5 heteroatoms. The van der Waals surface area contributed by atoms with Gasteiger partial charge in [-0.05, 0) is 87.2 Å². The van der Waals surface area contributed by atoms with Crippen LogP contribution in [0.1, 0.15) is 56.5 Å². The lowest BCUT2D eigenvalue weighted by Gasteiger charge is -2.43. The topological polar surface area (TPSA) is 35.9 Å². The van der Waals surface area contributed by atoms with Crippen LogP contribution < -0.4 is 4.90 Å². The maximum Gasteiger partial charge on any atom is 0.123 e. The Balaban J connectivity index is 1.73. The van der Waals surface area contributed by atoms with E-state index in [0.717, 1.165) is 41.9 Å². The largest absolute Gasteiger partial charge is 0.508 e. The average molecular weight is 477 g/mol. The zero-order chi connectivity index (χ0) is 24.9. The lowest BCUT2D eigenvalue weighted by atomic mass is 9.86. The maximum absolute atomic E-state index is 13.8. The third-order valence-electron chi connectivity index (χ3n) is 6.95. The number of anilines is 1. The van der Waals surface area contributed by atoms with E-state index in [2.05, 4.69) is 49.6 Å². The number of nitrogens with zero attached hydrogens (tertiary/aromatic N) is 2. The average Bonchev–Trinajstić information content (AvgIpc) is 2.84. The molecule has 0 amide bonds. The second kappa shape index (κ2) is 11.2. The van der Waals surface area contributed by atoms with Crippen molar-refractivity contribution in [3.05, 3.63) is 95.3 Å². The molecular formula is C30H37FN2O2. The number of aromatic hydroxyl groups is 1. The summed E-state index contributed by atoms with van der Waals surface area (Å²) in [7, 11) is 0. The Bertz CT molecular complexity index is 1080. The SMILES string of the molecule is CC(C)N(CCOC(c1ccccc1)C1c2ccc(O)cc2CCN1c1ccc(F)cc1)C(C)C. The summed E-state index contributed by atoms with van der Waals surface area (Å²) in [6, 6.07) is 23.4.